The molecule has 2 rings (SSSR count). The number of carbonyl (C=O) groups is 1. The second-order valence-electron chi connectivity index (χ2n) is 3.68. The molecule has 0 amide bonds. The van der Waals surface area contributed by atoms with Crippen molar-refractivity contribution >= 4 is 21.7 Å². The van der Waals surface area contributed by atoms with E-state index >= 15 is 0 Å². The molecule has 0 bridgehead atoms. The van der Waals surface area contributed by atoms with E-state index in [1.807, 2.05) is 0 Å². The smallest absolute Gasteiger partial charge is 0.200 e. The average Bonchev–Trinajstić information content (AvgIpc) is 2.39. The lowest BCUT2D eigenvalue weighted by molar-refractivity contribution is 0.0920. The molecule has 0 aliphatic heterocycles. The summed E-state index contributed by atoms with van der Waals surface area (Å²) < 4.78 is 31.6. The van der Waals surface area contributed by atoms with Gasteiger partial charge in [-0.15, -0.1) is 0 Å². The van der Waals surface area contributed by atoms with Gasteiger partial charge in [-0.05, 0) is 40.2 Å². The fourth-order valence-electron chi connectivity index (χ4n) is 1.37. The van der Waals surface area contributed by atoms with Gasteiger partial charge in [-0.2, -0.15) is 0 Å². The minimum atomic E-state index is -1.06. The quantitative estimate of drug-likeness (QED) is 0.808. The van der Waals surface area contributed by atoms with E-state index in [-0.39, 0.29) is 12.2 Å². The number of ether oxygens (including phenoxy) is 1. The van der Waals surface area contributed by atoms with Crippen molar-refractivity contribution in [2.45, 2.75) is 0 Å². The highest BCUT2D eigenvalue weighted by atomic mass is 79.9. The third-order valence-electron chi connectivity index (χ3n) is 2.29. The summed E-state index contributed by atoms with van der Waals surface area (Å²) in [4.78, 5) is 15.6. The van der Waals surface area contributed by atoms with Crippen LogP contribution in [0.25, 0.3) is 0 Å². The Balaban J connectivity index is 2.03. The largest absolute Gasteiger partial charge is 0.484 e. The van der Waals surface area contributed by atoms with E-state index in [2.05, 4.69) is 20.9 Å². The number of ketones is 1. The topological polar surface area (TPSA) is 39.2 Å². The molecule has 0 atom stereocenters. The maximum atomic E-state index is 13.0. The third kappa shape index (κ3) is 3.57. The zero-order valence-electron chi connectivity index (χ0n) is 9.57. The molecular formula is C13H8BrF2NO2. The predicted molar refractivity (Wildman–Crippen MR) is 68.1 cm³/mol. The van der Waals surface area contributed by atoms with E-state index < -0.39 is 17.4 Å². The normalized spacial score (nSPS) is 10.3. The summed E-state index contributed by atoms with van der Waals surface area (Å²) in [7, 11) is 0. The predicted octanol–water partition coefficient (Wildman–Crippen LogP) is 3.38. The Bertz CT molecular complexity index is 619. The average molecular weight is 328 g/mol. The molecule has 98 valence electrons. The molecule has 6 heteroatoms. The molecule has 1 aromatic heterocycles. The maximum Gasteiger partial charge on any atom is 0.200 e. The van der Waals surface area contributed by atoms with Gasteiger partial charge >= 0.3 is 0 Å². The molecule has 19 heavy (non-hydrogen) atoms. The van der Waals surface area contributed by atoms with E-state index in [0.29, 0.717) is 10.2 Å². The number of Topliss-reactive ketones (excluding diaryl/α,β-unsaturated/α-hetero) is 1. The van der Waals surface area contributed by atoms with Crippen LogP contribution in [0.2, 0.25) is 0 Å². The van der Waals surface area contributed by atoms with Crippen LogP contribution >= 0.6 is 15.9 Å². The van der Waals surface area contributed by atoms with Crippen LogP contribution < -0.4 is 4.74 Å². The number of aromatic nitrogens is 1. The van der Waals surface area contributed by atoms with E-state index in [1.54, 1.807) is 12.3 Å². The minimum Gasteiger partial charge on any atom is -0.484 e. The second-order valence-corrected chi connectivity index (χ2v) is 4.60. The van der Waals surface area contributed by atoms with Crippen LogP contribution in [0.15, 0.2) is 41.1 Å². The zero-order chi connectivity index (χ0) is 13.8. The molecule has 2 aromatic rings. The van der Waals surface area contributed by atoms with Crippen molar-refractivity contribution in [3.05, 3.63) is 58.3 Å². The lowest BCUT2D eigenvalue weighted by Gasteiger charge is -2.05. The van der Waals surface area contributed by atoms with Gasteiger partial charge in [0.2, 0.25) is 0 Å². The molecule has 0 aliphatic carbocycles. The molecule has 0 saturated heterocycles. The van der Waals surface area contributed by atoms with Crippen LogP contribution in [0.3, 0.4) is 0 Å². The fourth-order valence-corrected chi connectivity index (χ4v) is 1.72. The number of benzene rings is 1. The number of hydrogen-bond donors (Lipinski definition) is 0. The first-order valence-corrected chi connectivity index (χ1v) is 6.07. The molecule has 0 N–H and O–H groups in total. The van der Waals surface area contributed by atoms with Crippen molar-refractivity contribution in [1.82, 2.24) is 4.98 Å². The molecule has 0 aliphatic rings. The Labute approximate surface area is 116 Å². The summed E-state index contributed by atoms with van der Waals surface area (Å²) in [6, 6.07) is 4.61. The number of rotatable bonds is 4. The van der Waals surface area contributed by atoms with Crippen molar-refractivity contribution < 1.29 is 18.3 Å². The molecule has 0 saturated carbocycles. The fraction of sp³-hybridized carbons (Fsp3) is 0.0769. The molecular weight excluding hydrogens is 320 g/mol. The Morgan fingerprint density at radius 3 is 2.68 bits per heavy atom. The van der Waals surface area contributed by atoms with Crippen LogP contribution in [0.4, 0.5) is 8.78 Å². The van der Waals surface area contributed by atoms with Crippen molar-refractivity contribution in [3.8, 4) is 5.75 Å². The van der Waals surface area contributed by atoms with Gasteiger partial charge in [0, 0.05) is 16.2 Å². The Hall–Kier alpha value is -1.82. The molecule has 3 nitrogen and oxygen atoms in total. The first-order chi connectivity index (χ1) is 9.06. The van der Waals surface area contributed by atoms with Crippen LogP contribution in [0.1, 0.15) is 10.4 Å². The molecule has 0 unspecified atom stereocenters. The van der Waals surface area contributed by atoms with Crippen LogP contribution in [-0.4, -0.2) is 17.4 Å². The van der Waals surface area contributed by atoms with Gasteiger partial charge in [0.25, 0.3) is 0 Å². The first-order valence-electron chi connectivity index (χ1n) is 5.28. The highest BCUT2D eigenvalue weighted by molar-refractivity contribution is 9.10. The summed E-state index contributed by atoms with van der Waals surface area (Å²) >= 11 is 3.21. The summed E-state index contributed by atoms with van der Waals surface area (Å²) in [5.41, 5.74) is 0.0573. The van der Waals surface area contributed by atoms with Gasteiger partial charge in [-0.3, -0.25) is 9.78 Å². The molecule has 0 spiro atoms. The summed E-state index contributed by atoms with van der Waals surface area (Å²) in [6.07, 6.45) is 3.02. The maximum absolute atomic E-state index is 13.0. The standard InChI is InChI=1S/C13H8BrF2NO2/c14-9-4-10(6-17-5-9)19-7-13(18)8-1-2-11(15)12(16)3-8/h1-6H,7H2. The van der Waals surface area contributed by atoms with E-state index in [4.69, 9.17) is 4.74 Å². The monoisotopic (exact) mass is 327 g/mol. The summed E-state index contributed by atoms with van der Waals surface area (Å²) in [5, 5.41) is 0. The highest BCUT2D eigenvalue weighted by Crippen LogP contribution is 2.16. The van der Waals surface area contributed by atoms with Gasteiger partial charge in [-0.25, -0.2) is 8.78 Å². The number of nitrogens with zero attached hydrogens (tertiary/aromatic N) is 1. The van der Waals surface area contributed by atoms with E-state index in [0.717, 1.165) is 12.1 Å². The van der Waals surface area contributed by atoms with Crippen LogP contribution in [0.5, 0.6) is 5.75 Å². The lowest BCUT2D eigenvalue weighted by Crippen LogP contribution is -2.12. The van der Waals surface area contributed by atoms with Gasteiger partial charge in [0.15, 0.2) is 24.0 Å². The molecule has 1 aromatic carbocycles. The third-order valence-corrected chi connectivity index (χ3v) is 2.72. The zero-order valence-corrected chi connectivity index (χ0v) is 11.2. The van der Waals surface area contributed by atoms with Gasteiger partial charge in [0.1, 0.15) is 5.75 Å². The van der Waals surface area contributed by atoms with Gasteiger partial charge in [-0.1, -0.05) is 0 Å². The van der Waals surface area contributed by atoms with Crippen molar-refractivity contribution in [3.63, 3.8) is 0 Å². The van der Waals surface area contributed by atoms with Crippen LogP contribution in [0, 0.1) is 11.6 Å². The van der Waals surface area contributed by atoms with E-state index in [9.17, 15) is 13.6 Å². The summed E-state index contributed by atoms with van der Waals surface area (Å²) in [5.74, 6) is -2.09. The molecule has 1 heterocycles. The number of hydrogen-bond acceptors (Lipinski definition) is 3. The van der Waals surface area contributed by atoms with Gasteiger partial charge in [0.05, 0.1) is 6.20 Å². The first kappa shape index (κ1) is 13.6. The Morgan fingerprint density at radius 2 is 2.00 bits per heavy atom. The van der Waals surface area contributed by atoms with Crippen molar-refractivity contribution in [2.24, 2.45) is 0 Å². The van der Waals surface area contributed by atoms with Crippen molar-refractivity contribution in [2.75, 3.05) is 6.61 Å². The SMILES string of the molecule is O=C(COc1cncc(Br)c1)c1ccc(F)c(F)c1. The number of carbonyl (C=O) groups excluding carboxylic acids is 1. The molecule has 0 fully saturated rings. The number of pyridine rings is 1. The summed E-state index contributed by atoms with van der Waals surface area (Å²) in [6.45, 7) is -0.275. The molecule has 0 radical (unpaired) electrons. The minimum absolute atomic E-state index is 0.0573. The van der Waals surface area contributed by atoms with Crippen LogP contribution in [-0.2, 0) is 0 Å². The van der Waals surface area contributed by atoms with Gasteiger partial charge < -0.3 is 4.74 Å². The second kappa shape index (κ2) is 5.88. The number of halogens is 3. The Kier molecular flexibility index (Phi) is 4.21. The van der Waals surface area contributed by atoms with Crippen molar-refractivity contribution in [1.29, 1.82) is 0 Å². The van der Waals surface area contributed by atoms with E-state index in [1.165, 1.54) is 12.3 Å². The highest BCUT2D eigenvalue weighted by Gasteiger charge is 2.10. The lowest BCUT2D eigenvalue weighted by atomic mass is 10.1. The Morgan fingerprint density at radius 1 is 1.21 bits per heavy atom.